The summed E-state index contributed by atoms with van der Waals surface area (Å²) in [5.74, 6) is -8.53. The molecule has 0 spiro atoms. The molecule has 0 saturated heterocycles. The van der Waals surface area contributed by atoms with Crippen LogP contribution < -0.4 is 50.6 Å². The number of halogens is 4. The number of nitrogens with one attached hydrogen (secondary N) is 2. The molecule has 0 saturated carbocycles. The van der Waals surface area contributed by atoms with Crippen molar-refractivity contribution in [3.63, 3.8) is 0 Å². The van der Waals surface area contributed by atoms with Crippen LogP contribution in [-0.2, 0) is 38.4 Å². The fourth-order valence-electron chi connectivity index (χ4n) is 6.19. The van der Waals surface area contributed by atoms with Gasteiger partial charge in [0.1, 0.15) is 32.2 Å². The standard InChI is InChI=1S/C19H16F2N4O4S2.C13H11F2N3O2S3.C6H8N2O2.CH2O3.Na/c1-19(2)15(16(29)22-5-6-25-10(26)3-4-11(25)27)24-18(31-19)17-23-9-7-8(20)13(28)12(21)14(9)30-17;1-13(2)9(10(20)18-21)17-12(23-13)11-16-5-3-4(14)7(19)6(15)8(5)22-11;7-3-4-8-5(9)1-2-6(8)10;2-1-4-3;/h3-4,7,15,28H,5-6H2,1-2H3,(H,22,29);3,9,19,21H,1-2H3,(H,18,20);1-2H,3-4,7H2;1,3H;/q;;;;+1/p-1. The van der Waals surface area contributed by atoms with Gasteiger partial charge >= 0.3 is 29.6 Å². The van der Waals surface area contributed by atoms with Gasteiger partial charge in [-0.3, -0.25) is 53.3 Å². The predicted molar refractivity (Wildman–Crippen MR) is 244 cm³/mol. The van der Waals surface area contributed by atoms with Gasteiger partial charge in [-0.1, -0.05) is 36.3 Å². The van der Waals surface area contributed by atoms with E-state index in [1.165, 1.54) is 47.8 Å². The van der Waals surface area contributed by atoms with E-state index in [0.717, 1.165) is 44.6 Å². The normalized spacial score (nSPS) is 18.4. The van der Waals surface area contributed by atoms with E-state index in [1.807, 2.05) is 27.7 Å². The molecule has 4 aromatic rings. The van der Waals surface area contributed by atoms with E-state index in [1.54, 1.807) is 0 Å². The van der Waals surface area contributed by atoms with Crippen molar-refractivity contribution < 1.29 is 101 Å². The van der Waals surface area contributed by atoms with Crippen LogP contribution in [0, 0.1) is 23.3 Å². The Morgan fingerprint density at radius 2 is 1.16 bits per heavy atom. The minimum Gasteiger partial charge on any atom is -0.662 e. The van der Waals surface area contributed by atoms with Crippen LogP contribution in [0.1, 0.15) is 37.7 Å². The van der Waals surface area contributed by atoms with E-state index < -0.39 is 74.1 Å². The minimum absolute atomic E-state index is 0. The number of phenolic OH excluding ortho intramolecular Hbond substituents is 2. The molecule has 2 aromatic carbocycles. The largest absolute Gasteiger partial charge is 1.00 e. The number of imide groups is 2. The molecule has 20 nitrogen and oxygen atoms in total. The maximum atomic E-state index is 14.2. The smallest absolute Gasteiger partial charge is 0.662 e. The Bertz CT molecular complexity index is 2810. The van der Waals surface area contributed by atoms with Gasteiger partial charge in [0, 0.05) is 72.1 Å². The Morgan fingerprint density at radius 3 is 1.52 bits per heavy atom. The van der Waals surface area contributed by atoms with Crippen LogP contribution in [0.15, 0.2) is 46.4 Å². The minimum atomic E-state index is -1.11. The van der Waals surface area contributed by atoms with Crippen LogP contribution in [0.2, 0.25) is 0 Å². The van der Waals surface area contributed by atoms with E-state index >= 15 is 0 Å². The fraction of sp³-hybridized carbons (Fsp3) is 0.308. The first-order chi connectivity index (χ1) is 32.0. The average molecular weight is 1070 g/mol. The number of carbonyl (C=O) groups is 7. The van der Waals surface area contributed by atoms with Crippen molar-refractivity contribution in [3.05, 3.63) is 69.7 Å². The third-order valence-corrected chi connectivity index (χ3v) is 14.5. The van der Waals surface area contributed by atoms with E-state index in [-0.39, 0.29) is 87.3 Å². The Kier molecular flexibility index (Phi) is 19.5. The first-order valence-corrected chi connectivity index (χ1v) is 22.9. The second-order valence-corrected chi connectivity index (χ2v) is 20.4. The van der Waals surface area contributed by atoms with Crippen molar-refractivity contribution in [2.24, 2.45) is 15.7 Å². The maximum Gasteiger partial charge on any atom is 1.00 e. The SMILES string of the molecule is CC1(C)SC(c2nc3cc(F)c(O)c(F)c3s2)=NC1C(=O)NCCN1C(=O)C=CC1=O.CC1(C)SC(c2nc3cc(F)c(O)c(F)c3s2)=NC1C(=O)NS.NCCN1C(=O)C=CC1=O.O=CO[O-].[Na+]. The maximum absolute atomic E-state index is 14.2. The average Bonchev–Trinajstić information content (AvgIpc) is 4.16. The Labute approximate surface area is 431 Å². The van der Waals surface area contributed by atoms with Crippen LogP contribution in [0.25, 0.3) is 20.4 Å². The first kappa shape index (κ1) is 56.6. The molecule has 6 amide bonds. The molecule has 2 unspecified atom stereocenters. The number of hydrogen-bond donors (Lipinski definition) is 6. The second-order valence-electron chi connectivity index (χ2n) is 14.9. The van der Waals surface area contributed by atoms with Gasteiger partial charge in [-0.15, -0.1) is 22.7 Å². The number of thiazole rings is 2. The van der Waals surface area contributed by atoms with Crippen molar-refractivity contribution in [1.82, 2.24) is 29.8 Å². The number of fused-ring (bicyclic) bond motifs is 2. The van der Waals surface area contributed by atoms with E-state index in [0.29, 0.717) is 33.2 Å². The van der Waals surface area contributed by atoms with Crippen LogP contribution in [0.5, 0.6) is 11.5 Å². The summed E-state index contributed by atoms with van der Waals surface area (Å²) in [7, 11) is 0. The van der Waals surface area contributed by atoms with Gasteiger partial charge in [0.15, 0.2) is 34.8 Å². The Balaban J connectivity index is 0.000000238. The quantitative estimate of drug-likeness (QED) is 0.0215. The number of benzene rings is 2. The van der Waals surface area contributed by atoms with Crippen molar-refractivity contribution >= 4 is 131 Å². The third-order valence-electron chi connectivity index (χ3n) is 9.43. The number of thioether (sulfide) groups is 2. The van der Waals surface area contributed by atoms with Gasteiger partial charge in [0.25, 0.3) is 36.0 Å². The molecule has 69 heavy (non-hydrogen) atoms. The summed E-state index contributed by atoms with van der Waals surface area (Å²) in [6.45, 7) is 7.89. The number of phenols is 2. The zero-order valence-corrected chi connectivity index (χ0v) is 42.6. The van der Waals surface area contributed by atoms with Crippen LogP contribution in [0.4, 0.5) is 17.6 Å². The number of rotatable bonds is 10. The molecule has 0 radical (unpaired) electrons. The van der Waals surface area contributed by atoms with Crippen LogP contribution >= 0.6 is 59.0 Å². The molecule has 8 rings (SSSR count). The summed E-state index contributed by atoms with van der Waals surface area (Å²) in [4.78, 5) is 99.7. The zero-order chi connectivity index (χ0) is 50.4. The van der Waals surface area contributed by atoms with E-state index in [4.69, 9.17) is 15.8 Å². The first-order valence-electron chi connectivity index (χ1n) is 19.2. The van der Waals surface area contributed by atoms with Crippen molar-refractivity contribution in [1.29, 1.82) is 0 Å². The number of thiol groups is 1. The van der Waals surface area contributed by atoms with E-state index in [9.17, 15) is 56.5 Å². The Morgan fingerprint density at radius 1 is 0.783 bits per heavy atom. The second kappa shape index (κ2) is 23.8. The summed E-state index contributed by atoms with van der Waals surface area (Å²) in [5, 5.41) is 31.5. The molecule has 30 heteroatoms. The van der Waals surface area contributed by atoms with Gasteiger partial charge < -0.3 is 36.1 Å². The zero-order valence-electron chi connectivity index (χ0n) is 36.4. The summed E-state index contributed by atoms with van der Waals surface area (Å²) < 4.78 is 56.2. The molecule has 6 N–H and O–H groups in total. The summed E-state index contributed by atoms with van der Waals surface area (Å²) in [6, 6.07) is 0.454. The number of hydrogen-bond acceptors (Lipinski definition) is 21. The number of aromatic nitrogens is 2. The molecule has 2 atom stereocenters. The van der Waals surface area contributed by atoms with E-state index in [2.05, 4.69) is 47.7 Å². The molecule has 0 bridgehead atoms. The topological polar surface area (TPSA) is 299 Å². The molecule has 6 heterocycles. The van der Waals surface area contributed by atoms with Gasteiger partial charge in [0.05, 0.1) is 20.4 Å². The number of amides is 6. The van der Waals surface area contributed by atoms with Gasteiger partial charge in [0.2, 0.25) is 5.91 Å². The van der Waals surface area contributed by atoms with Gasteiger partial charge in [-0.2, -0.15) is 0 Å². The number of aliphatic imine (C=N–C) groups is 2. The monoisotopic (exact) mass is 1070 g/mol. The number of aromatic hydroxyl groups is 2. The van der Waals surface area contributed by atoms with Gasteiger partial charge in [-0.05, 0) is 27.7 Å². The third kappa shape index (κ3) is 12.9. The molecule has 362 valence electrons. The van der Waals surface area contributed by atoms with Crippen molar-refractivity contribution in [2.45, 2.75) is 49.3 Å². The van der Waals surface area contributed by atoms with Crippen molar-refractivity contribution in [3.8, 4) is 11.5 Å². The summed E-state index contributed by atoms with van der Waals surface area (Å²) in [5.41, 5.74) is 5.31. The number of nitrogens with zero attached hydrogens (tertiary/aromatic N) is 6. The summed E-state index contributed by atoms with van der Waals surface area (Å²) in [6.07, 6.45) is 4.84. The van der Waals surface area contributed by atoms with Gasteiger partial charge in [-0.25, -0.2) is 27.5 Å². The summed E-state index contributed by atoms with van der Waals surface area (Å²) >= 11 is 8.21. The molecule has 4 aliphatic heterocycles. The van der Waals surface area contributed by atoms with Crippen LogP contribution in [-0.4, -0.2) is 130 Å². The molecule has 0 fully saturated rings. The fourth-order valence-corrected chi connectivity index (χ4v) is 10.7. The predicted octanol–water partition coefficient (Wildman–Crippen LogP) is -0.848. The molecule has 0 aliphatic carbocycles. The molecular formula is C39H36F4N9NaO11S5. The molecule has 2 aromatic heterocycles. The van der Waals surface area contributed by atoms with Crippen molar-refractivity contribution in [2.75, 3.05) is 26.2 Å². The molecule has 4 aliphatic rings. The Hall–Kier alpha value is -4.98. The number of nitrogens with two attached hydrogens (primary N) is 1. The molecular weight excluding hydrogens is 1030 g/mol. The number of carbonyl (C=O) groups excluding carboxylic acids is 7. The van der Waals surface area contributed by atoms with Crippen LogP contribution in [0.3, 0.4) is 0 Å².